The largest absolute Gasteiger partial charge is 0.569 e. The highest BCUT2D eigenvalue weighted by Gasteiger charge is 2.16. The SMILES string of the molecule is O[B]Oc1ccc(N(c2ccc(-c3ccccc3)cc2)c2cccc(-c3cccc4c3oc3ccccc34)c2)cc1. The van der Waals surface area contributed by atoms with E-state index >= 15 is 0 Å². The zero-order valence-electron chi connectivity index (χ0n) is 22.1. The molecule has 0 atom stereocenters. The van der Waals surface area contributed by atoms with Crippen LogP contribution >= 0.6 is 0 Å². The summed E-state index contributed by atoms with van der Waals surface area (Å²) in [5, 5.41) is 11.3. The van der Waals surface area contributed by atoms with Crippen molar-refractivity contribution in [2.45, 2.75) is 0 Å². The number of rotatable bonds is 7. The molecule has 4 nitrogen and oxygen atoms in total. The fourth-order valence-corrected chi connectivity index (χ4v) is 5.40. The Morgan fingerprint density at radius 1 is 0.537 bits per heavy atom. The average Bonchev–Trinajstić information content (AvgIpc) is 3.42. The van der Waals surface area contributed by atoms with Gasteiger partial charge in [-0.2, -0.15) is 0 Å². The van der Waals surface area contributed by atoms with Gasteiger partial charge >= 0.3 is 7.69 Å². The van der Waals surface area contributed by atoms with Crippen molar-refractivity contribution in [3.05, 3.63) is 146 Å². The predicted octanol–water partition coefficient (Wildman–Crippen LogP) is 9.30. The van der Waals surface area contributed by atoms with E-state index in [0.717, 1.165) is 55.7 Å². The minimum absolute atomic E-state index is 0.556. The zero-order chi connectivity index (χ0) is 27.6. The third-order valence-electron chi connectivity index (χ3n) is 7.34. The molecule has 0 saturated carbocycles. The lowest BCUT2D eigenvalue weighted by atomic mass is 10.0. The molecule has 1 aromatic heterocycles. The fraction of sp³-hybridized carbons (Fsp3) is 0. The van der Waals surface area contributed by atoms with Crippen LogP contribution in [0.3, 0.4) is 0 Å². The van der Waals surface area contributed by atoms with E-state index in [1.807, 2.05) is 48.5 Å². The topological polar surface area (TPSA) is 45.8 Å². The van der Waals surface area contributed by atoms with Gasteiger partial charge in [0.05, 0.1) is 0 Å². The molecule has 7 aromatic rings. The first kappa shape index (κ1) is 24.8. The molecule has 0 amide bonds. The quantitative estimate of drug-likeness (QED) is 0.209. The monoisotopic (exact) mass is 530 g/mol. The minimum Gasteiger partial charge on any atom is -0.537 e. The molecular formula is C36H25BNO3. The van der Waals surface area contributed by atoms with Gasteiger partial charge in [-0.05, 0) is 71.3 Å². The summed E-state index contributed by atoms with van der Waals surface area (Å²) < 4.78 is 11.5. The maximum Gasteiger partial charge on any atom is 0.569 e. The molecule has 5 heteroatoms. The Morgan fingerprint density at radius 3 is 1.95 bits per heavy atom. The number of hydrogen-bond donors (Lipinski definition) is 1. The van der Waals surface area contributed by atoms with E-state index in [9.17, 15) is 0 Å². The number of nitrogens with zero attached hydrogens (tertiary/aromatic N) is 1. The molecule has 1 radical (unpaired) electrons. The second-order valence-electron chi connectivity index (χ2n) is 9.80. The second kappa shape index (κ2) is 10.7. The molecule has 0 spiro atoms. The molecule has 0 saturated heterocycles. The highest BCUT2D eigenvalue weighted by atomic mass is 16.5. The van der Waals surface area contributed by atoms with E-state index < -0.39 is 0 Å². The van der Waals surface area contributed by atoms with Crippen molar-refractivity contribution in [2.24, 2.45) is 0 Å². The van der Waals surface area contributed by atoms with Gasteiger partial charge in [0, 0.05) is 33.4 Å². The summed E-state index contributed by atoms with van der Waals surface area (Å²) in [6, 6.07) is 49.6. The Hall–Kier alpha value is -5.26. The van der Waals surface area contributed by atoms with E-state index in [0.29, 0.717) is 13.4 Å². The molecule has 0 aliphatic heterocycles. The maximum absolute atomic E-state index is 9.07. The molecule has 0 aliphatic carbocycles. The van der Waals surface area contributed by atoms with E-state index in [4.69, 9.17) is 14.1 Å². The molecule has 1 heterocycles. The summed E-state index contributed by atoms with van der Waals surface area (Å²) in [4.78, 5) is 2.21. The van der Waals surface area contributed by atoms with Gasteiger partial charge in [0.25, 0.3) is 0 Å². The van der Waals surface area contributed by atoms with E-state index in [2.05, 4.69) is 102 Å². The zero-order valence-corrected chi connectivity index (χ0v) is 22.1. The Kier molecular flexibility index (Phi) is 6.48. The van der Waals surface area contributed by atoms with Gasteiger partial charge in [-0.3, -0.25) is 0 Å². The van der Waals surface area contributed by atoms with Gasteiger partial charge in [-0.25, -0.2) is 0 Å². The summed E-state index contributed by atoms with van der Waals surface area (Å²) >= 11 is 0. The van der Waals surface area contributed by atoms with Crippen LogP contribution in [-0.4, -0.2) is 12.7 Å². The van der Waals surface area contributed by atoms with Crippen molar-refractivity contribution >= 4 is 46.7 Å². The molecule has 195 valence electrons. The van der Waals surface area contributed by atoms with E-state index in [1.165, 1.54) is 5.56 Å². The van der Waals surface area contributed by atoms with Crippen molar-refractivity contribution in [1.82, 2.24) is 0 Å². The molecule has 7 rings (SSSR count). The Balaban J connectivity index is 1.34. The van der Waals surface area contributed by atoms with Crippen LogP contribution in [-0.2, 0) is 0 Å². The highest BCUT2D eigenvalue weighted by molar-refractivity contribution is 6.17. The number of hydrogen-bond acceptors (Lipinski definition) is 4. The molecule has 1 N–H and O–H groups in total. The van der Waals surface area contributed by atoms with Crippen LogP contribution in [0.5, 0.6) is 5.75 Å². The van der Waals surface area contributed by atoms with Gasteiger partial charge in [0.2, 0.25) is 0 Å². The predicted molar refractivity (Wildman–Crippen MR) is 168 cm³/mol. The lowest BCUT2D eigenvalue weighted by Crippen LogP contribution is -2.10. The van der Waals surface area contributed by atoms with E-state index in [1.54, 1.807) is 0 Å². The Bertz CT molecular complexity index is 1950. The van der Waals surface area contributed by atoms with Crippen LogP contribution in [0, 0.1) is 0 Å². The normalized spacial score (nSPS) is 11.0. The lowest BCUT2D eigenvalue weighted by molar-refractivity contribution is 0.454. The van der Waals surface area contributed by atoms with Crippen molar-refractivity contribution in [3.63, 3.8) is 0 Å². The minimum atomic E-state index is 0.556. The summed E-state index contributed by atoms with van der Waals surface area (Å²) in [5.41, 5.74) is 9.18. The van der Waals surface area contributed by atoms with Crippen molar-refractivity contribution in [2.75, 3.05) is 4.90 Å². The van der Waals surface area contributed by atoms with Gasteiger partial charge in [0.15, 0.2) is 0 Å². The van der Waals surface area contributed by atoms with Crippen LogP contribution in [0.15, 0.2) is 150 Å². The summed E-state index contributed by atoms with van der Waals surface area (Å²) in [7, 11) is 0.692. The summed E-state index contributed by atoms with van der Waals surface area (Å²) in [6.07, 6.45) is 0. The Labute approximate surface area is 239 Å². The van der Waals surface area contributed by atoms with Crippen LogP contribution in [0.1, 0.15) is 0 Å². The fourth-order valence-electron chi connectivity index (χ4n) is 5.40. The van der Waals surface area contributed by atoms with E-state index in [-0.39, 0.29) is 0 Å². The summed E-state index contributed by atoms with van der Waals surface area (Å²) in [6.45, 7) is 0. The third-order valence-corrected chi connectivity index (χ3v) is 7.34. The van der Waals surface area contributed by atoms with Crippen LogP contribution in [0.4, 0.5) is 17.1 Å². The Morgan fingerprint density at radius 2 is 1.17 bits per heavy atom. The van der Waals surface area contributed by atoms with Crippen molar-refractivity contribution in [1.29, 1.82) is 0 Å². The van der Waals surface area contributed by atoms with Crippen LogP contribution < -0.4 is 9.55 Å². The molecule has 0 bridgehead atoms. The lowest BCUT2D eigenvalue weighted by Gasteiger charge is -2.26. The smallest absolute Gasteiger partial charge is 0.537 e. The molecular weight excluding hydrogens is 505 g/mol. The van der Waals surface area contributed by atoms with Gasteiger partial charge < -0.3 is 19.0 Å². The van der Waals surface area contributed by atoms with Gasteiger partial charge in [-0.1, -0.05) is 91.0 Å². The molecule has 6 aromatic carbocycles. The second-order valence-corrected chi connectivity index (χ2v) is 9.80. The number of fused-ring (bicyclic) bond motifs is 3. The van der Waals surface area contributed by atoms with Crippen molar-refractivity contribution in [3.8, 4) is 28.0 Å². The number of benzene rings is 6. The highest BCUT2D eigenvalue weighted by Crippen LogP contribution is 2.40. The molecule has 0 fully saturated rings. The van der Waals surface area contributed by atoms with Gasteiger partial charge in [-0.15, -0.1) is 0 Å². The van der Waals surface area contributed by atoms with Crippen molar-refractivity contribution < 1.29 is 14.1 Å². The number of furan rings is 1. The molecule has 0 unspecified atom stereocenters. The first-order chi connectivity index (χ1) is 20.3. The molecule has 0 aliphatic rings. The first-order valence-corrected chi connectivity index (χ1v) is 13.5. The number of para-hydroxylation sites is 2. The van der Waals surface area contributed by atoms with Crippen LogP contribution in [0.2, 0.25) is 0 Å². The standard InChI is InChI=1S/C36H25BNO3/c39-37-41-31-22-20-29(21-23-31)38(28-18-16-26(17-19-28)25-8-2-1-3-9-25)30-11-6-10-27(24-30)32-13-7-14-34-33-12-4-5-15-35(33)40-36(32)34/h1-24,39H. The van der Waals surface area contributed by atoms with Gasteiger partial charge in [0.1, 0.15) is 16.9 Å². The number of anilines is 3. The summed E-state index contributed by atoms with van der Waals surface area (Å²) in [5.74, 6) is 0.556. The maximum atomic E-state index is 9.07. The average molecular weight is 530 g/mol. The third kappa shape index (κ3) is 4.73. The van der Waals surface area contributed by atoms with Crippen LogP contribution in [0.25, 0.3) is 44.2 Å². The molecule has 41 heavy (non-hydrogen) atoms. The first-order valence-electron chi connectivity index (χ1n) is 13.5.